The minimum Gasteiger partial charge on any atom is -0.497 e. The first-order chi connectivity index (χ1) is 13.3. The highest BCUT2D eigenvalue weighted by Gasteiger charge is 2.19. The van der Waals surface area contributed by atoms with E-state index in [4.69, 9.17) is 14.2 Å². The summed E-state index contributed by atoms with van der Waals surface area (Å²) in [6.45, 7) is 5.40. The summed E-state index contributed by atoms with van der Waals surface area (Å²) in [5, 5.41) is 6.85. The van der Waals surface area contributed by atoms with Gasteiger partial charge < -0.3 is 19.5 Å². The molecule has 0 saturated carbocycles. The Hall–Kier alpha value is -3.29. The van der Waals surface area contributed by atoms with E-state index < -0.39 is 18.0 Å². The number of methoxy groups -OCH3 is 2. The quantitative estimate of drug-likeness (QED) is 0.553. The maximum Gasteiger partial charge on any atom is 0.331 e. The van der Waals surface area contributed by atoms with Gasteiger partial charge in [-0.05, 0) is 39.0 Å². The number of carbonyl (C=O) groups excluding carboxylic acids is 2. The third kappa shape index (κ3) is 5.35. The van der Waals surface area contributed by atoms with Gasteiger partial charge in [-0.2, -0.15) is 5.10 Å². The van der Waals surface area contributed by atoms with E-state index in [1.807, 2.05) is 13.8 Å². The third-order valence-corrected chi connectivity index (χ3v) is 3.91. The van der Waals surface area contributed by atoms with Crippen LogP contribution in [-0.2, 0) is 14.3 Å². The number of hydrogen-bond donors (Lipinski definition) is 1. The first-order valence-electron chi connectivity index (χ1n) is 8.80. The van der Waals surface area contributed by atoms with Crippen molar-refractivity contribution in [2.45, 2.75) is 32.9 Å². The largest absolute Gasteiger partial charge is 0.497 e. The number of anilines is 1. The van der Waals surface area contributed by atoms with Crippen molar-refractivity contribution in [2.75, 3.05) is 19.5 Å². The van der Waals surface area contributed by atoms with E-state index in [-0.39, 0.29) is 6.04 Å². The Kier molecular flexibility index (Phi) is 7.20. The number of carbonyl (C=O) groups is 2. The molecule has 28 heavy (non-hydrogen) atoms. The van der Waals surface area contributed by atoms with E-state index in [1.165, 1.54) is 20.1 Å². The van der Waals surface area contributed by atoms with Crippen molar-refractivity contribution >= 4 is 23.8 Å². The molecule has 1 N–H and O–H groups in total. The number of aromatic nitrogens is 2. The van der Waals surface area contributed by atoms with Crippen molar-refractivity contribution in [2.24, 2.45) is 0 Å². The molecule has 1 heterocycles. The molecule has 0 saturated heterocycles. The number of benzene rings is 1. The van der Waals surface area contributed by atoms with E-state index in [0.29, 0.717) is 22.9 Å². The monoisotopic (exact) mass is 387 g/mol. The summed E-state index contributed by atoms with van der Waals surface area (Å²) < 4.78 is 17.2. The van der Waals surface area contributed by atoms with Crippen LogP contribution >= 0.6 is 0 Å². The van der Waals surface area contributed by atoms with E-state index >= 15 is 0 Å². The van der Waals surface area contributed by atoms with Crippen molar-refractivity contribution in [3.8, 4) is 11.5 Å². The van der Waals surface area contributed by atoms with Gasteiger partial charge in [0.2, 0.25) is 0 Å². The Morgan fingerprint density at radius 2 is 1.89 bits per heavy atom. The van der Waals surface area contributed by atoms with Crippen LogP contribution < -0.4 is 14.8 Å². The van der Waals surface area contributed by atoms with Crippen molar-refractivity contribution < 1.29 is 23.8 Å². The number of ether oxygens (including phenoxy) is 3. The Morgan fingerprint density at radius 1 is 1.14 bits per heavy atom. The Labute approximate surface area is 164 Å². The molecular formula is C20H25N3O5. The maximum atomic E-state index is 12.3. The van der Waals surface area contributed by atoms with Gasteiger partial charge in [-0.1, -0.05) is 0 Å². The average molecular weight is 387 g/mol. The summed E-state index contributed by atoms with van der Waals surface area (Å²) in [7, 11) is 3.08. The van der Waals surface area contributed by atoms with Gasteiger partial charge >= 0.3 is 5.97 Å². The predicted molar refractivity (Wildman–Crippen MR) is 105 cm³/mol. The number of rotatable bonds is 8. The van der Waals surface area contributed by atoms with Gasteiger partial charge in [-0.3, -0.25) is 4.79 Å². The minimum absolute atomic E-state index is 0.0885. The summed E-state index contributed by atoms with van der Waals surface area (Å²) in [4.78, 5) is 24.3. The van der Waals surface area contributed by atoms with Crippen LogP contribution in [0.2, 0.25) is 0 Å². The third-order valence-electron chi connectivity index (χ3n) is 3.91. The highest BCUT2D eigenvalue weighted by molar-refractivity contribution is 5.96. The highest BCUT2D eigenvalue weighted by atomic mass is 16.5. The lowest BCUT2D eigenvalue weighted by atomic mass is 10.1. The number of nitrogens with one attached hydrogen (secondary N) is 1. The van der Waals surface area contributed by atoms with E-state index in [1.54, 1.807) is 48.3 Å². The van der Waals surface area contributed by atoms with Crippen LogP contribution in [0.15, 0.2) is 36.5 Å². The molecule has 2 rings (SSSR count). The summed E-state index contributed by atoms with van der Waals surface area (Å²) in [5.74, 6) is 0.657. The molecule has 8 nitrogen and oxygen atoms in total. The fourth-order valence-corrected chi connectivity index (χ4v) is 2.43. The zero-order valence-electron chi connectivity index (χ0n) is 16.6. The van der Waals surface area contributed by atoms with Crippen molar-refractivity contribution in [1.29, 1.82) is 0 Å². The van der Waals surface area contributed by atoms with E-state index in [2.05, 4.69) is 10.4 Å². The molecule has 0 radical (unpaired) electrons. The van der Waals surface area contributed by atoms with Crippen LogP contribution in [0.1, 0.15) is 32.4 Å². The van der Waals surface area contributed by atoms with Crippen LogP contribution in [0.4, 0.5) is 5.82 Å². The summed E-state index contributed by atoms with van der Waals surface area (Å²) >= 11 is 0. The zero-order valence-corrected chi connectivity index (χ0v) is 16.6. The van der Waals surface area contributed by atoms with Crippen LogP contribution in [0, 0.1) is 0 Å². The zero-order chi connectivity index (χ0) is 20.7. The molecule has 8 heteroatoms. The number of nitrogens with zero attached hydrogens (tertiary/aromatic N) is 2. The fourth-order valence-electron chi connectivity index (χ4n) is 2.43. The van der Waals surface area contributed by atoms with Crippen molar-refractivity contribution in [3.63, 3.8) is 0 Å². The molecule has 2 aromatic rings. The van der Waals surface area contributed by atoms with Gasteiger partial charge in [0.1, 0.15) is 17.3 Å². The number of esters is 1. The second-order valence-electron chi connectivity index (χ2n) is 6.26. The lowest BCUT2D eigenvalue weighted by molar-refractivity contribution is -0.148. The Morgan fingerprint density at radius 3 is 2.54 bits per heavy atom. The van der Waals surface area contributed by atoms with Crippen molar-refractivity contribution in [1.82, 2.24) is 9.78 Å². The van der Waals surface area contributed by atoms with Crippen LogP contribution in [0.5, 0.6) is 11.5 Å². The van der Waals surface area contributed by atoms with Gasteiger partial charge in [0.05, 0.1) is 20.4 Å². The molecule has 1 aromatic heterocycles. The summed E-state index contributed by atoms with van der Waals surface area (Å²) in [5.41, 5.74) is 0.679. The Bertz CT molecular complexity index is 857. The average Bonchev–Trinajstić information content (AvgIpc) is 3.14. The Balaban J connectivity index is 1.97. The number of amides is 1. The molecule has 0 aliphatic rings. The molecule has 0 bridgehead atoms. The standard InChI is InChI=1S/C20H25N3O5/c1-13(2)23-18(10-11-21-23)22-20(25)14(3)28-19(24)9-7-15-6-8-16(26-4)12-17(15)27-5/h6-14H,1-5H3,(H,22,25)/b9-7+/t14-/m1/s1. The lowest BCUT2D eigenvalue weighted by Gasteiger charge is -2.15. The van der Waals surface area contributed by atoms with Gasteiger partial charge in [0.25, 0.3) is 5.91 Å². The second-order valence-corrected chi connectivity index (χ2v) is 6.26. The molecule has 1 aromatic carbocycles. The van der Waals surface area contributed by atoms with Crippen LogP contribution in [-0.4, -0.2) is 42.0 Å². The van der Waals surface area contributed by atoms with Crippen LogP contribution in [0.3, 0.4) is 0 Å². The van der Waals surface area contributed by atoms with Gasteiger partial charge in [0, 0.05) is 29.8 Å². The first kappa shape index (κ1) is 21.0. The lowest BCUT2D eigenvalue weighted by Crippen LogP contribution is -2.30. The normalized spacial score (nSPS) is 12.1. The molecule has 0 aliphatic heterocycles. The molecule has 0 fully saturated rings. The molecular weight excluding hydrogens is 362 g/mol. The minimum atomic E-state index is -0.967. The van der Waals surface area contributed by atoms with Gasteiger partial charge in [-0.15, -0.1) is 0 Å². The molecule has 1 amide bonds. The van der Waals surface area contributed by atoms with Crippen molar-refractivity contribution in [3.05, 3.63) is 42.1 Å². The van der Waals surface area contributed by atoms with E-state index in [0.717, 1.165) is 0 Å². The predicted octanol–water partition coefficient (Wildman–Crippen LogP) is 3.06. The molecule has 0 unspecified atom stereocenters. The smallest absolute Gasteiger partial charge is 0.331 e. The van der Waals surface area contributed by atoms with Gasteiger partial charge in [-0.25, -0.2) is 9.48 Å². The highest BCUT2D eigenvalue weighted by Crippen LogP contribution is 2.25. The number of hydrogen-bond acceptors (Lipinski definition) is 6. The molecule has 150 valence electrons. The molecule has 1 atom stereocenters. The molecule has 0 aliphatic carbocycles. The summed E-state index contributed by atoms with van der Waals surface area (Å²) in [6, 6.07) is 6.98. The fraction of sp³-hybridized carbons (Fsp3) is 0.350. The first-order valence-corrected chi connectivity index (χ1v) is 8.80. The summed E-state index contributed by atoms with van der Waals surface area (Å²) in [6.07, 6.45) is 3.42. The SMILES string of the molecule is COc1ccc(/C=C/C(=O)O[C@H](C)C(=O)Nc2ccnn2C(C)C)c(OC)c1. The molecule has 0 spiro atoms. The maximum absolute atomic E-state index is 12.3. The topological polar surface area (TPSA) is 91.7 Å². The van der Waals surface area contributed by atoms with Crippen LogP contribution in [0.25, 0.3) is 6.08 Å². The van der Waals surface area contributed by atoms with Gasteiger partial charge in [0.15, 0.2) is 6.10 Å². The second kappa shape index (κ2) is 9.59. The van der Waals surface area contributed by atoms with E-state index in [9.17, 15) is 9.59 Å².